The lowest BCUT2D eigenvalue weighted by atomic mass is 10.00. The van der Waals surface area contributed by atoms with Gasteiger partial charge in [-0.1, -0.05) is 24.3 Å². The number of hydrogen-bond acceptors (Lipinski definition) is 3. The van der Waals surface area contributed by atoms with Crippen LogP contribution in [0.4, 0.5) is 0 Å². The molecule has 0 aliphatic carbocycles. The second-order valence-electron chi connectivity index (χ2n) is 4.94. The Labute approximate surface area is 118 Å². The molecule has 98 valence electrons. The Bertz CT molecular complexity index is 541. The van der Waals surface area contributed by atoms with E-state index in [0.29, 0.717) is 12.1 Å². The molecule has 3 heteroatoms. The van der Waals surface area contributed by atoms with Crippen LogP contribution in [0.5, 0.6) is 0 Å². The first-order chi connectivity index (χ1) is 9.34. The molecule has 2 heterocycles. The smallest absolute Gasteiger partial charge is 0.0419 e. The van der Waals surface area contributed by atoms with Crippen LogP contribution in [-0.4, -0.2) is 10.7 Å². The molecular formula is C16H18N2S. The molecule has 1 aromatic carbocycles. The fourth-order valence-electron chi connectivity index (χ4n) is 2.57. The molecule has 0 fully saturated rings. The summed E-state index contributed by atoms with van der Waals surface area (Å²) in [4.78, 5) is 4.08. The molecule has 1 aromatic heterocycles. The summed E-state index contributed by atoms with van der Waals surface area (Å²) in [5.41, 5.74) is 4.23. The van der Waals surface area contributed by atoms with E-state index >= 15 is 0 Å². The van der Waals surface area contributed by atoms with Crippen molar-refractivity contribution in [1.29, 1.82) is 0 Å². The van der Waals surface area contributed by atoms with E-state index in [1.54, 1.807) is 0 Å². The summed E-state index contributed by atoms with van der Waals surface area (Å²) in [6, 6.07) is 13.7. The highest BCUT2D eigenvalue weighted by Crippen LogP contribution is 2.32. The van der Waals surface area contributed by atoms with E-state index in [-0.39, 0.29) is 0 Å². The average Bonchev–Trinajstić information content (AvgIpc) is 2.48. The van der Waals surface area contributed by atoms with Crippen LogP contribution in [0.1, 0.15) is 35.7 Å². The Morgan fingerprint density at radius 1 is 1.21 bits per heavy atom. The van der Waals surface area contributed by atoms with Crippen molar-refractivity contribution in [2.24, 2.45) is 0 Å². The molecule has 0 spiro atoms. The monoisotopic (exact) mass is 270 g/mol. The van der Waals surface area contributed by atoms with Crippen molar-refractivity contribution in [3.63, 3.8) is 0 Å². The van der Waals surface area contributed by atoms with Crippen LogP contribution < -0.4 is 5.32 Å². The van der Waals surface area contributed by atoms with Gasteiger partial charge in [-0.2, -0.15) is 11.8 Å². The molecule has 0 saturated carbocycles. The Hall–Kier alpha value is -1.32. The van der Waals surface area contributed by atoms with Crippen LogP contribution in [0.2, 0.25) is 0 Å². The second kappa shape index (κ2) is 5.76. The molecule has 0 amide bonds. The topological polar surface area (TPSA) is 24.9 Å². The molecule has 3 rings (SSSR count). The molecule has 2 atom stereocenters. The van der Waals surface area contributed by atoms with Gasteiger partial charge in [0.15, 0.2) is 0 Å². The maximum Gasteiger partial charge on any atom is 0.0419 e. The van der Waals surface area contributed by atoms with Gasteiger partial charge in [0, 0.05) is 36.0 Å². The number of aromatic nitrogens is 1. The van der Waals surface area contributed by atoms with Crippen molar-refractivity contribution in [2.45, 2.75) is 24.8 Å². The zero-order valence-corrected chi connectivity index (χ0v) is 11.9. The lowest BCUT2D eigenvalue weighted by molar-refractivity contribution is 0.495. The average molecular weight is 270 g/mol. The zero-order chi connectivity index (χ0) is 13.1. The largest absolute Gasteiger partial charge is 0.303 e. The molecule has 0 radical (unpaired) electrons. The summed E-state index contributed by atoms with van der Waals surface area (Å²) in [6.07, 6.45) is 3.72. The van der Waals surface area contributed by atoms with Crippen molar-refractivity contribution in [3.8, 4) is 0 Å². The van der Waals surface area contributed by atoms with Gasteiger partial charge in [-0.3, -0.25) is 4.98 Å². The second-order valence-corrected chi connectivity index (χ2v) is 5.97. The van der Waals surface area contributed by atoms with Gasteiger partial charge in [-0.25, -0.2) is 0 Å². The summed E-state index contributed by atoms with van der Waals surface area (Å²) in [5.74, 6) is 2.28. The lowest BCUT2D eigenvalue weighted by Gasteiger charge is -2.29. The van der Waals surface area contributed by atoms with Gasteiger partial charge < -0.3 is 5.32 Å². The van der Waals surface area contributed by atoms with Crippen LogP contribution >= 0.6 is 11.8 Å². The Kier molecular flexibility index (Phi) is 3.85. The molecule has 2 nitrogen and oxygen atoms in total. The van der Waals surface area contributed by atoms with E-state index < -0.39 is 0 Å². The first kappa shape index (κ1) is 12.7. The van der Waals surface area contributed by atoms with Gasteiger partial charge >= 0.3 is 0 Å². The lowest BCUT2D eigenvalue weighted by Crippen LogP contribution is -2.29. The quantitative estimate of drug-likeness (QED) is 0.920. The molecule has 1 N–H and O–H groups in total. The van der Waals surface area contributed by atoms with Crippen LogP contribution in [0.3, 0.4) is 0 Å². The number of pyridine rings is 1. The number of benzene rings is 1. The minimum absolute atomic E-state index is 0.347. The number of nitrogens with one attached hydrogen (secondary N) is 1. The van der Waals surface area contributed by atoms with E-state index in [1.807, 2.05) is 24.2 Å². The first-order valence-electron chi connectivity index (χ1n) is 6.66. The standard InChI is InChI=1S/C16H18N2S/c1-12(13-6-8-17-9-7-13)18-16-11-19-10-14-4-2-3-5-15(14)16/h2-9,12,16,18H,10-11H2,1H3/t12-,16?/m1/s1. The first-order valence-corrected chi connectivity index (χ1v) is 7.81. The van der Waals surface area contributed by atoms with Gasteiger partial charge in [-0.15, -0.1) is 0 Å². The van der Waals surface area contributed by atoms with E-state index in [9.17, 15) is 0 Å². The summed E-state index contributed by atoms with van der Waals surface area (Å²) < 4.78 is 0. The van der Waals surface area contributed by atoms with E-state index in [4.69, 9.17) is 0 Å². The molecule has 0 bridgehead atoms. The maximum atomic E-state index is 4.08. The molecule has 1 aliphatic rings. The fraction of sp³-hybridized carbons (Fsp3) is 0.312. The van der Waals surface area contributed by atoms with Crippen molar-refractivity contribution < 1.29 is 0 Å². The molecule has 1 unspecified atom stereocenters. The van der Waals surface area contributed by atoms with Gasteiger partial charge in [0.25, 0.3) is 0 Å². The summed E-state index contributed by atoms with van der Waals surface area (Å²) in [7, 11) is 0. The summed E-state index contributed by atoms with van der Waals surface area (Å²) >= 11 is 2.01. The molecular weight excluding hydrogens is 252 g/mol. The van der Waals surface area contributed by atoms with Crippen LogP contribution in [0.25, 0.3) is 0 Å². The van der Waals surface area contributed by atoms with Crippen molar-refractivity contribution >= 4 is 11.8 Å². The number of fused-ring (bicyclic) bond motifs is 1. The molecule has 0 saturated heterocycles. The fourth-order valence-corrected chi connectivity index (χ4v) is 3.68. The third-order valence-corrected chi connectivity index (χ3v) is 4.71. The predicted molar refractivity (Wildman–Crippen MR) is 81.1 cm³/mol. The molecule has 1 aliphatic heterocycles. The number of nitrogens with zero attached hydrogens (tertiary/aromatic N) is 1. The van der Waals surface area contributed by atoms with E-state index in [1.165, 1.54) is 16.7 Å². The third-order valence-electron chi connectivity index (χ3n) is 3.63. The predicted octanol–water partition coefficient (Wildman–Crippen LogP) is 3.72. The Balaban J connectivity index is 1.78. The minimum Gasteiger partial charge on any atom is -0.303 e. The van der Waals surface area contributed by atoms with E-state index in [0.717, 1.165) is 11.5 Å². The minimum atomic E-state index is 0.347. The zero-order valence-electron chi connectivity index (χ0n) is 11.0. The van der Waals surface area contributed by atoms with Crippen molar-refractivity contribution in [1.82, 2.24) is 10.3 Å². The van der Waals surface area contributed by atoms with Crippen LogP contribution in [-0.2, 0) is 5.75 Å². The SMILES string of the molecule is C[C@@H](NC1CSCc2ccccc21)c1ccncc1. The molecule has 2 aromatic rings. The summed E-state index contributed by atoms with van der Waals surface area (Å²) in [5, 5.41) is 3.74. The van der Waals surface area contributed by atoms with Crippen LogP contribution in [0.15, 0.2) is 48.8 Å². The highest BCUT2D eigenvalue weighted by atomic mass is 32.2. The van der Waals surface area contributed by atoms with Crippen molar-refractivity contribution in [2.75, 3.05) is 5.75 Å². The number of thioether (sulfide) groups is 1. The normalized spacial score (nSPS) is 19.7. The highest BCUT2D eigenvalue weighted by molar-refractivity contribution is 7.98. The van der Waals surface area contributed by atoms with Gasteiger partial charge in [0.2, 0.25) is 0 Å². The van der Waals surface area contributed by atoms with Crippen LogP contribution in [0, 0.1) is 0 Å². The Morgan fingerprint density at radius 2 is 2.00 bits per heavy atom. The third kappa shape index (κ3) is 2.82. The number of hydrogen-bond donors (Lipinski definition) is 1. The van der Waals surface area contributed by atoms with Gasteiger partial charge in [0.05, 0.1) is 0 Å². The number of rotatable bonds is 3. The summed E-state index contributed by atoms with van der Waals surface area (Å²) in [6.45, 7) is 2.22. The van der Waals surface area contributed by atoms with Gasteiger partial charge in [0.1, 0.15) is 0 Å². The van der Waals surface area contributed by atoms with E-state index in [2.05, 4.69) is 53.6 Å². The highest BCUT2D eigenvalue weighted by Gasteiger charge is 2.21. The Morgan fingerprint density at radius 3 is 2.84 bits per heavy atom. The van der Waals surface area contributed by atoms with Gasteiger partial charge in [-0.05, 0) is 35.7 Å². The van der Waals surface area contributed by atoms with Crippen molar-refractivity contribution in [3.05, 3.63) is 65.5 Å². The maximum absolute atomic E-state index is 4.08. The molecule has 19 heavy (non-hydrogen) atoms.